The lowest BCUT2D eigenvalue weighted by atomic mass is 10.1. The van der Waals surface area contributed by atoms with E-state index in [-0.39, 0.29) is 12.2 Å². The van der Waals surface area contributed by atoms with Gasteiger partial charge in [-0.15, -0.1) is 0 Å². The van der Waals surface area contributed by atoms with Crippen LogP contribution in [0.5, 0.6) is 0 Å². The van der Waals surface area contributed by atoms with Gasteiger partial charge in [0, 0.05) is 18.0 Å². The van der Waals surface area contributed by atoms with Gasteiger partial charge in [0.2, 0.25) is 0 Å². The SMILES string of the molecule is Cc1nc(-c2cccnc2)n(Cc2ccccc2C#N)c1C(=O)O. The Bertz CT molecular complexity index is 939. The average molecular weight is 318 g/mol. The van der Waals surface area contributed by atoms with Crippen LogP contribution in [0.15, 0.2) is 48.8 Å². The normalized spacial score (nSPS) is 10.3. The maximum atomic E-state index is 11.7. The number of carbonyl (C=O) groups is 1. The van der Waals surface area contributed by atoms with Crippen molar-refractivity contribution >= 4 is 5.97 Å². The van der Waals surface area contributed by atoms with E-state index < -0.39 is 5.97 Å². The van der Waals surface area contributed by atoms with E-state index in [1.54, 1.807) is 42.1 Å². The lowest BCUT2D eigenvalue weighted by Crippen LogP contribution is -2.12. The number of imidazole rings is 1. The molecule has 24 heavy (non-hydrogen) atoms. The molecule has 0 amide bonds. The monoisotopic (exact) mass is 318 g/mol. The van der Waals surface area contributed by atoms with E-state index in [4.69, 9.17) is 0 Å². The van der Waals surface area contributed by atoms with Crippen LogP contribution in [0.1, 0.15) is 27.3 Å². The number of hydrogen-bond donors (Lipinski definition) is 1. The molecule has 0 aliphatic rings. The number of carboxylic acid groups (broad SMARTS) is 1. The summed E-state index contributed by atoms with van der Waals surface area (Å²) < 4.78 is 1.62. The molecular formula is C18H14N4O2. The van der Waals surface area contributed by atoms with E-state index in [0.29, 0.717) is 17.1 Å². The summed E-state index contributed by atoms with van der Waals surface area (Å²) in [5, 5.41) is 18.8. The average Bonchev–Trinajstić information content (AvgIpc) is 2.92. The van der Waals surface area contributed by atoms with Crippen LogP contribution in [0.25, 0.3) is 11.4 Å². The molecule has 3 rings (SSSR count). The van der Waals surface area contributed by atoms with Gasteiger partial charge in [-0.3, -0.25) is 4.98 Å². The summed E-state index contributed by atoms with van der Waals surface area (Å²) in [5.41, 5.74) is 2.52. The molecule has 0 aliphatic carbocycles. The van der Waals surface area contributed by atoms with Crippen molar-refractivity contribution in [2.45, 2.75) is 13.5 Å². The van der Waals surface area contributed by atoms with E-state index in [1.807, 2.05) is 18.2 Å². The third-order valence-corrected chi connectivity index (χ3v) is 3.73. The van der Waals surface area contributed by atoms with Crippen molar-refractivity contribution in [3.8, 4) is 17.5 Å². The third kappa shape index (κ3) is 2.75. The quantitative estimate of drug-likeness (QED) is 0.798. The Balaban J connectivity index is 2.18. The summed E-state index contributed by atoms with van der Waals surface area (Å²) in [6.07, 6.45) is 3.28. The second-order valence-corrected chi connectivity index (χ2v) is 5.27. The number of nitrogens with zero attached hydrogens (tertiary/aromatic N) is 4. The Kier molecular flexibility index (Phi) is 4.08. The number of hydrogen-bond acceptors (Lipinski definition) is 4. The first-order valence-corrected chi connectivity index (χ1v) is 7.30. The van der Waals surface area contributed by atoms with Crippen molar-refractivity contribution in [2.24, 2.45) is 0 Å². The van der Waals surface area contributed by atoms with Crippen LogP contribution in [-0.2, 0) is 6.54 Å². The molecule has 3 aromatic rings. The van der Waals surface area contributed by atoms with Crippen LogP contribution in [0, 0.1) is 18.3 Å². The highest BCUT2D eigenvalue weighted by molar-refractivity contribution is 5.88. The summed E-state index contributed by atoms with van der Waals surface area (Å²) in [6.45, 7) is 1.91. The summed E-state index contributed by atoms with van der Waals surface area (Å²) in [5.74, 6) is -0.532. The van der Waals surface area contributed by atoms with Gasteiger partial charge in [0.05, 0.1) is 23.9 Å². The Morgan fingerprint density at radius 2 is 2.08 bits per heavy atom. The fourth-order valence-corrected chi connectivity index (χ4v) is 2.65. The zero-order chi connectivity index (χ0) is 17.1. The van der Waals surface area contributed by atoms with Crippen molar-refractivity contribution in [1.29, 1.82) is 5.26 Å². The molecule has 0 fully saturated rings. The number of nitriles is 1. The van der Waals surface area contributed by atoms with Crippen molar-refractivity contribution in [2.75, 3.05) is 0 Å². The molecule has 0 spiro atoms. The van der Waals surface area contributed by atoms with E-state index in [9.17, 15) is 15.2 Å². The van der Waals surface area contributed by atoms with Crippen molar-refractivity contribution in [3.05, 3.63) is 71.3 Å². The van der Waals surface area contributed by atoms with Gasteiger partial charge in [-0.05, 0) is 30.7 Å². The minimum Gasteiger partial charge on any atom is -0.477 e. The summed E-state index contributed by atoms with van der Waals surface area (Å²) >= 11 is 0. The van der Waals surface area contributed by atoms with Crippen molar-refractivity contribution in [3.63, 3.8) is 0 Å². The molecule has 0 radical (unpaired) electrons. The smallest absolute Gasteiger partial charge is 0.354 e. The molecule has 0 saturated carbocycles. The largest absolute Gasteiger partial charge is 0.477 e. The number of pyridine rings is 1. The van der Waals surface area contributed by atoms with Gasteiger partial charge < -0.3 is 9.67 Å². The maximum Gasteiger partial charge on any atom is 0.354 e. The standard InChI is InChI=1S/C18H14N4O2/c1-12-16(18(23)24)22(11-15-6-3-2-5-13(15)9-19)17(21-12)14-7-4-8-20-10-14/h2-8,10H,11H2,1H3,(H,23,24). The first kappa shape index (κ1) is 15.4. The number of benzene rings is 1. The van der Waals surface area contributed by atoms with Crippen LogP contribution in [0.4, 0.5) is 0 Å². The first-order valence-electron chi connectivity index (χ1n) is 7.30. The fourth-order valence-electron chi connectivity index (χ4n) is 2.65. The third-order valence-electron chi connectivity index (χ3n) is 3.73. The zero-order valence-electron chi connectivity index (χ0n) is 13.0. The summed E-state index contributed by atoms with van der Waals surface area (Å²) in [4.78, 5) is 20.2. The van der Waals surface area contributed by atoms with E-state index in [2.05, 4.69) is 16.0 Å². The molecule has 0 bridgehead atoms. The molecule has 0 saturated heterocycles. The molecule has 6 heteroatoms. The lowest BCUT2D eigenvalue weighted by Gasteiger charge is -2.11. The van der Waals surface area contributed by atoms with Gasteiger partial charge in [-0.2, -0.15) is 5.26 Å². The minimum atomic E-state index is -1.05. The number of aromatic carboxylic acids is 1. The van der Waals surface area contributed by atoms with Crippen LogP contribution < -0.4 is 0 Å². The topological polar surface area (TPSA) is 91.8 Å². The number of aromatic nitrogens is 3. The molecule has 6 nitrogen and oxygen atoms in total. The second-order valence-electron chi connectivity index (χ2n) is 5.27. The highest BCUT2D eigenvalue weighted by atomic mass is 16.4. The molecule has 0 aliphatic heterocycles. The van der Waals surface area contributed by atoms with E-state index in [1.165, 1.54) is 0 Å². The molecular weight excluding hydrogens is 304 g/mol. The molecule has 2 heterocycles. The second kappa shape index (κ2) is 6.34. The predicted molar refractivity (Wildman–Crippen MR) is 87.4 cm³/mol. The number of carboxylic acids is 1. The van der Waals surface area contributed by atoms with Gasteiger partial charge in [-0.1, -0.05) is 18.2 Å². The molecule has 0 atom stereocenters. The van der Waals surface area contributed by atoms with Gasteiger partial charge >= 0.3 is 5.97 Å². The van der Waals surface area contributed by atoms with Crippen molar-refractivity contribution < 1.29 is 9.90 Å². The highest BCUT2D eigenvalue weighted by Gasteiger charge is 2.21. The van der Waals surface area contributed by atoms with Crippen LogP contribution in [0.2, 0.25) is 0 Å². The fraction of sp³-hybridized carbons (Fsp3) is 0.111. The van der Waals surface area contributed by atoms with Crippen molar-refractivity contribution in [1.82, 2.24) is 14.5 Å². The number of rotatable bonds is 4. The molecule has 1 N–H and O–H groups in total. The molecule has 0 unspecified atom stereocenters. The maximum absolute atomic E-state index is 11.7. The van der Waals surface area contributed by atoms with E-state index in [0.717, 1.165) is 11.1 Å². The van der Waals surface area contributed by atoms with Gasteiger partial charge in [0.1, 0.15) is 5.82 Å². The Labute approximate surface area is 138 Å². The summed E-state index contributed by atoms with van der Waals surface area (Å²) in [6, 6.07) is 12.9. The molecule has 1 aromatic carbocycles. The first-order chi connectivity index (χ1) is 11.6. The molecule has 2 aromatic heterocycles. The molecule has 118 valence electrons. The lowest BCUT2D eigenvalue weighted by molar-refractivity contribution is 0.0685. The highest BCUT2D eigenvalue weighted by Crippen LogP contribution is 2.24. The van der Waals surface area contributed by atoms with Crippen LogP contribution in [-0.4, -0.2) is 25.6 Å². The Morgan fingerprint density at radius 1 is 1.29 bits per heavy atom. The van der Waals surface area contributed by atoms with Gasteiger partial charge in [0.25, 0.3) is 0 Å². The zero-order valence-corrected chi connectivity index (χ0v) is 13.0. The Hall–Kier alpha value is -3.46. The van der Waals surface area contributed by atoms with Crippen LogP contribution >= 0.6 is 0 Å². The number of aryl methyl sites for hydroxylation is 1. The van der Waals surface area contributed by atoms with E-state index >= 15 is 0 Å². The minimum absolute atomic E-state index is 0.113. The van der Waals surface area contributed by atoms with Crippen LogP contribution in [0.3, 0.4) is 0 Å². The van der Waals surface area contributed by atoms with Gasteiger partial charge in [0.15, 0.2) is 5.69 Å². The Morgan fingerprint density at radius 3 is 2.75 bits per heavy atom. The van der Waals surface area contributed by atoms with Gasteiger partial charge in [-0.25, -0.2) is 9.78 Å². The summed E-state index contributed by atoms with van der Waals surface area (Å²) in [7, 11) is 0. The predicted octanol–water partition coefficient (Wildman–Crippen LogP) is 2.87.